The van der Waals surface area contributed by atoms with E-state index in [0.717, 1.165) is 16.6 Å². The monoisotopic (exact) mass is 309 g/mol. The van der Waals surface area contributed by atoms with E-state index in [1.807, 2.05) is 42.6 Å². The number of rotatable bonds is 3. The zero-order valence-corrected chi connectivity index (χ0v) is 13.2. The van der Waals surface area contributed by atoms with Crippen molar-refractivity contribution in [2.75, 3.05) is 11.9 Å². The van der Waals surface area contributed by atoms with Crippen LogP contribution in [0.4, 0.5) is 15.9 Å². The number of nitrogens with zero attached hydrogens (tertiary/aromatic N) is 5. The average Bonchev–Trinajstić information content (AvgIpc) is 2.94. The van der Waals surface area contributed by atoms with E-state index in [0.29, 0.717) is 17.9 Å². The minimum Gasteiger partial charge on any atom is -0.334 e. The second-order valence-corrected chi connectivity index (χ2v) is 5.37. The van der Waals surface area contributed by atoms with Gasteiger partial charge in [0, 0.05) is 25.8 Å². The van der Waals surface area contributed by atoms with E-state index in [9.17, 15) is 4.39 Å². The summed E-state index contributed by atoms with van der Waals surface area (Å²) in [5.74, 6) is 0.174. The zero-order chi connectivity index (χ0) is 16.6. The Balaban J connectivity index is 2.11. The van der Waals surface area contributed by atoms with E-state index >= 15 is 0 Å². The lowest BCUT2D eigenvalue weighted by Crippen LogP contribution is -2.14. The predicted molar refractivity (Wildman–Crippen MR) is 87.1 cm³/mol. The Morgan fingerprint density at radius 3 is 2.78 bits per heavy atom. The summed E-state index contributed by atoms with van der Waals surface area (Å²) in [7, 11) is 3.75. The molecule has 0 fully saturated rings. The van der Waals surface area contributed by atoms with Gasteiger partial charge in [0.15, 0.2) is 0 Å². The smallest absolute Gasteiger partial charge is 0.143 e. The van der Waals surface area contributed by atoms with Crippen LogP contribution in [0.2, 0.25) is 0 Å². The molecule has 0 atom stereocenters. The molecule has 0 radical (unpaired) electrons. The van der Waals surface area contributed by atoms with Crippen LogP contribution in [-0.4, -0.2) is 21.6 Å². The first-order valence-corrected chi connectivity index (χ1v) is 7.28. The van der Waals surface area contributed by atoms with E-state index in [-0.39, 0.29) is 5.56 Å². The minimum atomic E-state index is -0.520. The first-order chi connectivity index (χ1) is 11.0. The number of imidazole rings is 1. The summed E-state index contributed by atoms with van der Waals surface area (Å²) in [6, 6.07) is 6.79. The largest absolute Gasteiger partial charge is 0.334 e. The quantitative estimate of drug-likeness (QED) is 0.745. The summed E-state index contributed by atoms with van der Waals surface area (Å²) in [4.78, 5) is 10.5. The molecule has 0 aliphatic heterocycles. The molecular formula is C17H16FN5. The molecule has 23 heavy (non-hydrogen) atoms. The van der Waals surface area contributed by atoms with Crippen molar-refractivity contribution >= 4 is 22.5 Å². The van der Waals surface area contributed by atoms with Crippen LogP contribution in [0.25, 0.3) is 11.0 Å². The highest BCUT2D eigenvalue weighted by Gasteiger charge is 2.15. The molecule has 2 aromatic heterocycles. The van der Waals surface area contributed by atoms with Crippen LogP contribution < -0.4 is 4.90 Å². The number of anilines is 2. The molecule has 0 N–H and O–H groups in total. The first kappa shape index (κ1) is 15.0. The SMILES string of the molecule is CCc1cc(C#N)c(F)cc1N(C)c1cc2c(cn1)ncn2C. The molecule has 3 aromatic rings. The molecule has 116 valence electrons. The third kappa shape index (κ3) is 2.50. The summed E-state index contributed by atoms with van der Waals surface area (Å²) in [6.45, 7) is 1.98. The Labute approximate surface area is 133 Å². The van der Waals surface area contributed by atoms with Crippen molar-refractivity contribution in [1.29, 1.82) is 5.26 Å². The number of aromatic nitrogens is 3. The van der Waals surface area contributed by atoms with Crippen molar-refractivity contribution in [2.24, 2.45) is 7.05 Å². The Morgan fingerprint density at radius 1 is 1.30 bits per heavy atom. The highest BCUT2D eigenvalue weighted by Crippen LogP contribution is 2.30. The topological polar surface area (TPSA) is 57.7 Å². The highest BCUT2D eigenvalue weighted by molar-refractivity contribution is 5.79. The van der Waals surface area contributed by atoms with Crippen molar-refractivity contribution in [3.63, 3.8) is 0 Å². The van der Waals surface area contributed by atoms with Gasteiger partial charge in [-0.05, 0) is 24.1 Å². The lowest BCUT2D eigenvalue weighted by Gasteiger charge is -2.22. The number of halogens is 1. The molecule has 6 heteroatoms. The standard InChI is InChI=1S/C17H16FN5/c1-4-11-5-12(8-19)13(18)6-15(11)23(3)17-7-16-14(9-20-17)21-10-22(16)2/h5-7,9-10H,4H2,1-3H3. The minimum absolute atomic E-state index is 0.0639. The van der Waals surface area contributed by atoms with Gasteiger partial charge in [0.25, 0.3) is 0 Å². The molecule has 0 amide bonds. The number of hydrogen-bond acceptors (Lipinski definition) is 4. The molecule has 0 aliphatic rings. The number of fused-ring (bicyclic) bond motifs is 1. The van der Waals surface area contributed by atoms with Crippen LogP contribution >= 0.6 is 0 Å². The third-order valence-electron chi connectivity index (χ3n) is 3.97. The van der Waals surface area contributed by atoms with E-state index in [4.69, 9.17) is 5.26 Å². The van der Waals surface area contributed by atoms with Crippen LogP contribution in [0.15, 0.2) is 30.7 Å². The molecule has 0 saturated heterocycles. The van der Waals surface area contributed by atoms with Crippen molar-refractivity contribution in [3.8, 4) is 6.07 Å². The average molecular weight is 309 g/mol. The second kappa shape index (κ2) is 5.69. The Hall–Kier alpha value is -2.94. The van der Waals surface area contributed by atoms with Gasteiger partial charge in [-0.3, -0.25) is 0 Å². The van der Waals surface area contributed by atoms with Gasteiger partial charge in [0.2, 0.25) is 0 Å². The van der Waals surface area contributed by atoms with E-state index in [1.54, 1.807) is 18.6 Å². The second-order valence-electron chi connectivity index (χ2n) is 5.37. The fourth-order valence-electron chi connectivity index (χ4n) is 2.62. The Kier molecular flexibility index (Phi) is 3.70. The molecular weight excluding hydrogens is 293 g/mol. The van der Waals surface area contributed by atoms with Crippen molar-refractivity contribution in [2.45, 2.75) is 13.3 Å². The molecule has 2 heterocycles. The van der Waals surface area contributed by atoms with Crippen molar-refractivity contribution in [3.05, 3.63) is 47.7 Å². The Morgan fingerprint density at radius 2 is 2.09 bits per heavy atom. The number of benzene rings is 1. The molecule has 0 bridgehead atoms. The number of pyridine rings is 1. The highest BCUT2D eigenvalue weighted by atomic mass is 19.1. The van der Waals surface area contributed by atoms with Gasteiger partial charge in [0.1, 0.15) is 23.2 Å². The third-order valence-corrected chi connectivity index (χ3v) is 3.97. The van der Waals surface area contributed by atoms with Gasteiger partial charge in [-0.15, -0.1) is 0 Å². The maximum absolute atomic E-state index is 14.0. The number of nitriles is 1. The van der Waals surface area contributed by atoms with Gasteiger partial charge in [-0.2, -0.15) is 5.26 Å². The van der Waals surface area contributed by atoms with E-state index in [2.05, 4.69) is 9.97 Å². The first-order valence-electron chi connectivity index (χ1n) is 7.28. The van der Waals surface area contributed by atoms with Crippen LogP contribution in [0.3, 0.4) is 0 Å². The van der Waals surface area contributed by atoms with Gasteiger partial charge in [0.05, 0.1) is 23.6 Å². The van der Waals surface area contributed by atoms with E-state index in [1.165, 1.54) is 6.07 Å². The van der Waals surface area contributed by atoms with Gasteiger partial charge < -0.3 is 9.47 Å². The summed E-state index contributed by atoms with van der Waals surface area (Å²) in [6.07, 6.45) is 4.13. The van der Waals surface area contributed by atoms with Crippen LogP contribution in [-0.2, 0) is 13.5 Å². The Bertz CT molecular complexity index is 923. The van der Waals surface area contributed by atoms with E-state index < -0.39 is 5.82 Å². The maximum atomic E-state index is 14.0. The summed E-state index contributed by atoms with van der Waals surface area (Å²) < 4.78 is 15.9. The van der Waals surface area contributed by atoms with Crippen LogP contribution in [0.5, 0.6) is 0 Å². The predicted octanol–water partition coefficient (Wildman–Crippen LogP) is 3.31. The van der Waals surface area contributed by atoms with Crippen LogP contribution in [0.1, 0.15) is 18.1 Å². The molecule has 3 rings (SSSR count). The summed E-state index contributed by atoms with van der Waals surface area (Å²) in [5, 5.41) is 8.98. The summed E-state index contributed by atoms with van der Waals surface area (Å²) >= 11 is 0. The molecule has 0 spiro atoms. The zero-order valence-electron chi connectivity index (χ0n) is 13.2. The molecule has 0 aliphatic carbocycles. The number of hydrogen-bond donors (Lipinski definition) is 0. The van der Waals surface area contributed by atoms with Gasteiger partial charge in [-0.25, -0.2) is 14.4 Å². The van der Waals surface area contributed by atoms with Crippen molar-refractivity contribution < 1.29 is 4.39 Å². The molecule has 5 nitrogen and oxygen atoms in total. The van der Waals surface area contributed by atoms with Crippen LogP contribution in [0, 0.1) is 17.1 Å². The molecule has 0 saturated carbocycles. The van der Waals surface area contributed by atoms with Gasteiger partial charge in [-0.1, -0.05) is 6.92 Å². The normalized spacial score (nSPS) is 10.7. The van der Waals surface area contributed by atoms with Gasteiger partial charge >= 0.3 is 0 Å². The van der Waals surface area contributed by atoms with Crippen molar-refractivity contribution in [1.82, 2.24) is 14.5 Å². The fraction of sp³-hybridized carbons (Fsp3) is 0.235. The number of aryl methyl sites for hydroxylation is 2. The lowest BCUT2D eigenvalue weighted by molar-refractivity contribution is 0.623. The molecule has 0 unspecified atom stereocenters. The lowest BCUT2D eigenvalue weighted by atomic mass is 10.1. The maximum Gasteiger partial charge on any atom is 0.143 e. The fourth-order valence-corrected chi connectivity index (χ4v) is 2.62. The molecule has 1 aromatic carbocycles. The summed E-state index contributed by atoms with van der Waals surface area (Å²) in [5.41, 5.74) is 3.44.